The van der Waals surface area contributed by atoms with Crippen LogP contribution in [-0.4, -0.2) is 74.5 Å². The number of nitrogens with zero attached hydrogens (tertiary/aromatic N) is 7. The van der Waals surface area contributed by atoms with Gasteiger partial charge in [-0.25, -0.2) is 9.67 Å². The monoisotopic (exact) mass is 630 g/mol. The Morgan fingerprint density at radius 2 is 1.98 bits per heavy atom. The number of carbonyl (C=O) groups excluding carboxylic acids is 3. The Kier molecular flexibility index (Phi) is 8.84. The van der Waals surface area contributed by atoms with E-state index in [1.165, 1.54) is 45.1 Å². The molecule has 13 nitrogen and oxygen atoms in total. The summed E-state index contributed by atoms with van der Waals surface area (Å²) in [6.45, 7) is -0.784. The number of carbonyl (C=O) groups is 3. The van der Waals surface area contributed by atoms with E-state index in [-0.39, 0.29) is 29.5 Å². The fraction of sp³-hybridized carbons (Fsp3) is 0.172. The van der Waals surface area contributed by atoms with Gasteiger partial charge in [-0.15, -0.1) is 5.10 Å². The molecule has 0 saturated carbocycles. The number of rotatable bonds is 8. The quantitative estimate of drug-likeness (QED) is 0.340. The maximum absolute atomic E-state index is 13.8. The van der Waals surface area contributed by atoms with Gasteiger partial charge in [0.25, 0.3) is 0 Å². The van der Waals surface area contributed by atoms with E-state index < -0.39 is 30.3 Å². The van der Waals surface area contributed by atoms with E-state index in [9.17, 15) is 14.4 Å². The van der Waals surface area contributed by atoms with E-state index in [0.29, 0.717) is 33.2 Å². The van der Waals surface area contributed by atoms with E-state index in [0.717, 1.165) is 0 Å². The lowest BCUT2D eigenvalue weighted by Crippen LogP contribution is -2.60. The highest BCUT2D eigenvalue weighted by atomic mass is 35.5. The molecule has 15 heteroatoms. The van der Waals surface area contributed by atoms with Crippen LogP contribution in [0.2, 0.25) is 10.2 Å². The number of allylic oxidation sites excluding steroid dienone is 4. The number of amides is 3. The van der Waals surface area contributed by atoms with Crippen molar-refractivity contribution in [1.29, 1.82) is 10.7 Å². The standard InChI is InChI=1S/C29H24Cl2N10O3/c1-34-13-18-9-20(5-6-22(18)33)36-29(44)25(8-17-2-4-21(11-32)35-12-17)40-16-27(42)39(15-28(40)43)24-10-19(30)3-7-23(24)41-14-26(31)37-38-41/h2-7,9-10,12-14,25,33-34H,8,15-16H2,1H3,(H,36,44)/b18-13-,33-22?. The Balaban J connectivity index is 1.44. The first-order valence-corrected chi connectivity index (χ1v) is 13.9. The minimum Gasteiger partial charge on any atom is -0.393 e. The number of nitriles is 1. The van der Waals surface area contributed by atoms with Crippen molar-refractivity contribution in [2.24, 2.45) is 0 Å². The zero-order chi connectivity index (χ0) is 31.4. The first-order chi connectivity index (χ1) is 21.2. The maximum atomic E-state index is 13.8. The lowest BCUT2D eigenvalue weighted by Gasteiger charge is -2.38. The normalized spacial score (nSPS) is 16.5. The minimum absolute atomic E-state index is 0.0233. The van der Waals surface area contributed by atoms with Crippen molar-refractivity contribution in [2.75, 3.05) is 25.0 Å². The summed E-state index contributed by atoms with van der Waals surface area (Å²) in [7, 11) is 1.70. The van der Waals surface area contributed by atoms with Crippen LogP contribution in [0.15, 0.2) is 78.4 Å². The summed E-state index contributed by atoms with van der Waals surface area (Å²) < 4.78 is 1.37. The lowest BCUT2D eigenvalue weighted by atomic mass is 10.0. The van der Waals surface area contributed by atoms with Crippen molar-refractivity contribution in [3.05, 3.63) is 99.9 Å². The third-order valence-electron chi connectivity index (χ3n) is 6.83. The fourth-order valence-electron chi connectivity index (χ4n) is 4.72. The highest BCUT2D eigenvalue weighted by Crippen LogP contribution is 2.30. The predicted octanol–water partition coefficient (Wildman–Crippen LogP) is 2.32. The molecule has 0 spiro atoms. The highest BCUT2D eigenvalue weighted by molar-refractivity contribution is 6.31. The zero-order valence-corrected chi connectivity index (χ0v) is 24.7. The molecule has 44 heavy (non-hydrogen) atoms. The van der Waals surface area contributed by atoms with Gasteiger partial charge in [0.1, 0.15) is 30.9 Å². The van der Waals surface area contributed by atoms with Gasteiger partial charge in [-0.1, -0.05) is 34.5 Å². The molecule has 3 aromatic rings. The van der Waals surface area contributed by atoms with Crippen LogP contribution in [0.25, 0.3) is 5.69 Å². The minimum atomic E-state index is -1.11. The summed E-state index contributed by atoms with van der Waals surface area (Å²) in [5.41, 5.74) is 2.73. The van der Waals surface area contributed by atoms with Gasteiger partial charge in [0.2, 0.25) is 17.7 Å². The smallest absolute Gasteiger partial charge is 0.247 e. The largest absolute Gasteiger partial charge is 0.393 e. The molecule has 5 rings (SSSR count). The molecule has 3 amide bonds. The number of piperazine rings is 1. The highest BCUT2D eigenvalue weighted by Gasteiger charge is 2.39. The molecule has 1 aliphatic carbocycles. The number of anilines is 1. The van der Waals surface area contributed by atoms with Crippen molar-refractivity contribution in [1.82, 2.24) is 35.5 Å². The van der Waals surface area contributed by atoms with Gasteiger partial charge in [-0.3, -0.25) is 19.3 Å². The molecule has 2 aromatic heterocycles. The van der Waals surface area contributed by atoms with Gasteiger partial charge in [0.15, 0.2) is 5.15 Å². The van der Waals surface area contributed by atoms with Gasteiger partial charge >= 0.3 is 0 Å². The van der Waals surface area contributed by atoms with E-state index in [2.05, 4.69) is 25.9 Å². The van der Waals surface area contributed by atoms with E-state index in [1.54, 1.807) is 43.6 Å². The van der Waals surface area contributed by atoms with Crippen molar-refractivity contribution < 1.29 is 14.4 Å². The van der Waals surface area contributed by atoms with Gasteiger partial charge in [0.05, 0.1) is 23.3 Å². The number of hydrogen-bond acceptors (Lipinski definition) is 9. The summed E-state index contributed by atoms with van der Waals surface area (Å²) in [6.07, 6.45) is 9.30. The lowest BCUT2D eigenvalue weighted by molar-refractivity contribution is -0.145. The summed E-state index contributed by atoms with van der Waals surface area (Å²) >= 11 is 12.2. The summed E-state index contributed by atoms with van der Waals surface area (Å²) in [5.74, 6) is -1.49. The van der Waals surface area contributed by atoms with Crippen LogP contribution in [-0.2, 0) is 20.8 Å². The van der Waals surface area contributed by atoms with Crippen LogP contribution in [0.4, 0.5) is 5.69 Å². The summed E-state index contributed by atoms with van der Waals surface area (Å²) in [6, 6.07) is 8.77. The Labute approximate surface area is 261 Å². The molecule has 1 fully saturated rings. The molecule has 1 unspecified atom stereocenters. The van der Waals surface area contributed by atoms with Crippen LogP contribution in [0.3, 0.4) is 0 Å². The average molecular weight is 631 g/mol. The van der Waals surface area contributed by atoms with Crippen molar-refractivity contribution in [3.63, 3.8) is 0 Å². The third-order valence-corrected chi connectivity index (χ3v) is 7.24. The third kappa shape index (κ3) is 6.51. The van der Waals surface area contributed by atoms with E-state index in [1.807, 2.05) is 6.07 Å². The molecule has 3 heterocycles. The number of benzene rings is 1. The van der Waals surface area contributed by atoms with Crippen LogP contribution < -0.4 is 15.5 Å². The molecule has 222 valence electrons. The van der Waals surface area contributed by atoms with Crippen molar-refractivity contribution in [2.45, 2.75) is 12.5 Å². The second-order valence-electron chi connectivity index (χ2n) is 9.73. The Morgan fingerprint density at radius 1 is 1.16 bits per heavy atom. The van der Waals surface area contributed by atoms with Gasteiger partial charge < -0.3 is 20.9 Å². The SMILES string of the molecule is CN/C=C1/C=C(NC(=O)C(Cc2ccc(C#N)nc2)N2CC(=O)N(c3cc(Cl)ccc3-n3cc(Cl)nn3)CC2=O)C=CC1=N. The van der Waals surface area contributed by atoms with Crippen LogP contribution >= 0.6 is 23.2 Å². The Bertz CT molecular complexity index is 1790. The number of pyridine rings is 1. The maximum Gasteiger partial charge on any atom is 0.247 e. The topological polar surface area (TPSA) is 173 Å². The predicted molar refractivity (Wildman–Crippen MR) is 162 cm³/mol. The second-order valence-corrected chi connectivity index (χ2v) is 10.6. The molecule has 1 aromatic carbocycles. The molecule has 1 aliphatic heterocycles. The Morgan fingerprint density at radius 3 is 2.66 bits per heavy atom. The van der Waals surface area contributed by atoms with Crippen LogP contribution in [0, 0.1) is 16.7 Å². The molecule has 2 aliphatic rings. The molecule has 3 N–H and O–H groups in total. The molecular formula is C29H24Cl2N10O3. The van der Waals surface area contributed by atoms with Crippen molar-refractivity contribution >= 4 is 52.3 Å². The molecule has 1 saturated heterocycles. The van der Waals surface area contributed by atoms with Crippen LogP contribution in [0.5, 0.6) is 0 Å². The first kappa shape index (κ1) is 30.1. The molecule has 1 atom stereocenters. The van der Waals surface area contributed by atoms with Crippen LogP contribution in [0.1, 0.15) is 11.3 Å². The second kappa shape index (κ2) is 12.9. The summed E-state index contributed by atoms with van der Waals surface area (Å²) in [5, 5.41) is 31.1. The van der Waals surface area contributed by atoms with Crippen molar-refractivity contribution in [3.8, 4) is 11.8 Å². The van der Waals surface area contributed by atoms with Gasteiger partial charge in [-0.2, -0.15) is 5.26 Å². The average Bonchev–Trinajstić information content (AvgIpc) is 3.44. The molecule has 0 bridgehead atoms. The zero-order valence-electron chi connectivity index (χ0n) is 23.2. The molecule has 0 radical (unpaired) electrons. The summed E-state index contributed by atoms with van der Waals surface area (Å²) in [4.78, 5) is 47.7. The number of aromatic nitrogens is 4. The van der Waals surface area contributed by atoms with Gasteiger partial charge in [0, 0.05) is 42.2 Å². The van der Waals surface area contributed by atoms with Gasteiger partial charge in [-0.05, 0) is 48.1 Å². The van der Waals surface area contributed by atoms with E-state index in [4.69, 9.17) is 33.9 Å². The number of halogens is 2. The Hall–Kier alpha value is -5.32. The molecular weight excluding hydrogens is 607 g/mol. The van der Waals surface area contributed by atoms with E-state index >= 15 is 0 Å². The number of hydrogen-bond donors (Lipinski definition) is 3. The number of nitrogens with one attached hydrogen (secondary N) is 3. The fourth-order valence-corrected chi connectivity index (χ4v) is 5.02. The first-order valence-electron chi connectivity index (χ1n) is 13.2.